The summed E-state index contributed by atoms with van der Waals surface area (Å²) in [5, 5.41) is 10.9. The molecule has 1 saturated heterocycles. The maximum atomic E-state index is 10.1. The highest BCUT2D eigenvalue weighted by atomic mass is 32.2. The van der Waals surface area contributed by atoms with Crippen LogP contribution in [-0.4, -0.2) is 29.2 Å². The van der Waals surface area contributed by atoms with Crippen molar-refractivity contribution in [3.05, 3.63) is 21.3 Å². The lowest BCUT2D eigenvalue weighted by Crippen LogP contribution is -2.22. The van der Waals surface area contributed by atoms with E-state index < -0.39 is 4.92 Å². The van der Waals surface area contributed by atoms with Crippen LogP contribution in [0.15, 0.2) is 11.2 Å². The number of hydrogen-bond acceptors (Lipinski definition) is 4. The fraction of sp³-hybridized carbons (Fsp3) is 0.667. The van der Waals surface area contributed by atoms with E-state index in [1.165, 1.54) is 0 Å². The van der Waals surface area contributed by atoms with Crippen LogP contribution >= 0.6 is 11.8 Å². The van der Waals surface area contributed by atoms with E-state index in [1.807, 2.05) is 11.9 Å². The van der Waals surface area contributed by atoms with Crippen LogP contribution in [0.1, 0.15) is 6.42 Å². The summed E-state index contributed by atoms with van der Waals surface area (Å²) >= 11 is 1.54. The zero-order valence-electron chi connectivity index (χ0n) is 6.32. The summed E-state index contributed by atoms with van der Waals surface area (Å²) in [6.07, 6.45) is 2.18. The number of thioether (sulfide) groups is 1. The van der Waals surface area contributed by atoms with E-state index >= 15 is 0 Å². The van der Waals surface area contributed by atoms with E-state index in [1.54, 1.807) is 11.8 Å². The molecule has 0 spiro atoms. The molecule has 0 unspecified atom stereocenters. The average molecular weight is 174 g/mol. The molecule has 0 radical (unpaired) electrons. The minimum absolute atomic E-state index is 0.399. The van der Waals surface area contributed by atoms with Crippen molar-refractivity contribution in [2.45, 2.75) is 6.42 Å². The summed E-state index contributed by atoms with van der Waals surface area (Å²) in [5.41, 5.74) is 0. The zero-order chi connectivity index (χ0) is 8.27. The normalized spacial score (nSPS) is 22.3. The Labute approximate surface area is 69.4 Å². The number of nitrogens with zero attached hydrogens (tertiary/aromatic N) is 2. The molecule has 0 aliphatic carbocycles. The molecule has 1 aliphatic heterocycles. The lowest BCUT2D eigenvalue weighted by molar-refractivity contribution is -0.403. The van der Waals surface area contributed by atoms with Gasteiger partial charge in [-0.2, -0.15) is 0 Å². The molecule has 1 aliphatic rings. The van der Waals surface area contributed by atoms with Crippen LogP contribution in [0.2, 0.25) is 0 Å². The van der Waals surface area contributed by atoms with Gasteiger partial charge in [0, 0.05) is 19.3 Å². The van der Waals surface area contributed by atoms with Gasteiger partial charge in [-0.1, -0.05) is 0 Å². The van der Waals surface area contributed by atoms with Crippen molar-refractivity contribution in [1.29, 1.82) is 0 Å². The molecule has 0 bridgehead atoms. The number of nitro groups is 1. The zero-order valence-corrected chi connectivity index (χ0v) is 7.13. The van der Waals surface area contributed by atoms with Gasteiger partial charge in [0.2, 0.25) is 0 Å². The molecule has 0 aromatic rings. The Morgan fingerprint density at radius 3 is 3.09 bits per heavy atom. The largest absolute Gasteiger partial charge is 0.364 e. The second-order valence-electron chi connectivity index (χ2n) is 2.38. The van der Waals surface area contributed by atoms with Crippen molar-refractivity contribution in [3.63, 3.8) is 0 Å². The summed E-state index contributed by atoms with van der Waals surface area (Å²) in [7, 11) is 1.88. The average Bonchev–Trinajstić information content (AvgIpc) is 1.93. The predicted molar refractivity (Wildman–Crippen MR) is 44.8 cm³/mol. The maximum Gasteiger partial charge on any atom is 0.264 e. The van der Waals surface area contributed by atoms with Gasteiger partial charge in [0.15, 0.2) is 0 Å². The maximum absolute atomic E-state index is 10.1. The first-order valence-corrected chi connectivity index (χ1v) is 4.38. The van der Waals surface area contributed by atoms with Crippen LogP contribution in [0.25, 0.3) is 0 Å². The summed E-state index contributed by atoms with van der Waals surface area (Å²) in [6.45, 7) is 0.923. The summed E-state index contributed by atoms with van der Waals surface area (Å²) in [4.78, 5) is 11.6. The number of hydrogen-bond donors (Lipinski definition) is 0. The molecule has 0 aromatic heterocycles. The fourth-order valence-electron chi connectivity index (χ4n) is 0.925. The van der Waals surface area contributed by atoms with Gasteiger partial charge in [0.1, 0.15) is 5.03 Å². The van der Waals surface area contributed by atoms with Gasteiger partial charge in [-0.3, -0.25) is 10.1 Å². The summed E-state index contributed by atoms with van der Waals surface area (Å²) < 4.78 is 0. The van der Waals surface area contributed by atoms with Crippen molar-refractivity contribution in [3.8, 4) is 0 Å². The van der Waals surface area contributed by atoms with Gasteiger partial charge in [0.25, 0.3) is 6.20 Å². The number of rotatable bonds is 1. The van der Waals surface area contributed by atoms with Gasteiger partial charge >= 0.3 is 0 Å². The molecular formula is C6H10N2O2S. The highest BCUT2D eigenvalue weighted by Gasteiger charge is 2.14. The first kappa shape index (κ1) is 8.39. The Morgan fingerprint density at radius 1 is 1.82 bits per heavy atom. The second-order valence-corrected chi connectivity index (χ2v) is 3.49. The molecule has 0 atom stereocenters. The van der Waals surface area contributed by atoms with Crippen LogP contribution in [0.4, 0.5) is 0 Å². The van der Waals surface area contributed by atoms with Gasteiger partial charge in [-0.15, -0.1) is 11.8 Å². The molecule has 11 heavy (non-hydrogen) atoms. The highest BCUT2D eigenvalue weighted by Crippen LogP contribution is 2.24. The Hall–Kier alpha value is -0.710. The first-order chi connectivity index (χ1) is 5.20. The van der Waals surface area contributed by atoms with E-state index in [0.29, 0.717) is 0 Å². The third-order valence-corrected chi connectivity index (χ3v) is 2.69. The van der Waals surface area contributed by atoms with Crippen LogP contribution in [0.3, 0.4) is 0 Å². The van der Waals surface area contributed by atoms with E-state index in [-0.39, 0.29) is 0 Å². The SMILES string of the molecule is CN1CCCSC1=C[N+](=O)[O-]. The van der Waals surface area contributed by atoms with Crippen LogP contribution < -0.4 is 0 Å². The Kier molecular flexibility index (Phi) is 2.76. The van der Waals surface area contributed by atoms with Gasteiger partial charge in [-0.05, 0) is 6.42 Å². The lowest BCUT2D eigenvalue weighted by Gasteiger charge is -2.24. The molecule has 62 valence electrons. The molecule has 5 heteroatoms. The Bertz CT molecular complexity index is 193. The molecule has 1 heterocycles. The highest BCUT2D eigenvalue weighted by molar-refractivity contribution is 8.03. The van der Waals surface area contributed by atoms with Crippen molar-refractivity contribution in [2.24, 2.45) is 0 Å². The minimum atomic E-state index is -0.399. The minimum Gasteiger partial charge on any atom is -0.364 e. The summed E-state index contributed by atoms with van der Waals surface area (Å²) in [5.74, 6) is 0.990. The monoisotopic (exact) mass is 174 g/mol. The second kappa shape index (κ2) is 3.61. The van der Waals surface area contributed by atoms with E-state index in [2.05, 4.69) is 0 Å². The van der Waals surface area contributed by atoms with Crippen molar-refractivity contribution >= 4 is 11.8 Å². The molecule has 0 amide bonds. The predicted octanol–water partition coefficient (Wildman–Crippen LogP) is 1.13. The Balaban J connectivity index is 2.60. The quantitative estimate of drug-likeness (QED) is 0.441. The molecular weight excluding hydrogens is 164 g/mol. The molecule has 0 N–H and O–H groups in total. The summed E-state index contributed by atoms with van der Waals surface area (Å²) in [6, 6.07) is 0. The standard InChI is InChI=1S/C6H10N2O2S/c1-7-3-2-4-11-6(7)5-8(9)10/h5H,2-4H2,1H3. The van der Waals surface area contributed by atoms with Crippen LogP contribution in [0, 0.1) is 10.1 Å². The van der Waals surface area contributed by atoms with Gasteiger partial charge in [-0.25, -0.2) is 0 Å². The van der Waals surface area contributed by atoms with E-state index in [4.69, 9.17) is 0 Å². The van der Waals surface area contributed by atoms with Crippen LogP contribution in [0.5, 0.6) is 0 Å². The van der Waals surface area contributed by atoms with Crippen molar-refractivity contribution in [2.75, 3.05) is 19.3 Å². The lowest BCUT2D eigenvalue weighted by atomic mass is 10.4. The van der Waals surface area contributed by atoms with Crippen molar-refractivity contribution in [1.82, 2.24) is 4.90 Å². The fourth-order valence-corrected chi connectivity index (χ4v) is 1.88. The van der Waals surface area contributed by atoms with E-state index in [9.17, 15) is 10.1 Å². The van der Waals surface area contributed by atoms with E-state index in [0.717, 1.165) is 29.9 Å². The third-order valence-electron chi connectivity index (χ3n) is 1.48. The van der Waals surface area contributed by atoms with Crippen molar-refractivity contribution < 1.29 is 4.92 Å². The first-order valence-electron chi connectivity index (χ1n) is 3.39. The molecule has 0 aromatic carbocycles. The molecule has 0 saturated carbocycles. The van der Waals surface area contributed by atoms with Gasteiger partial charge in [0.05, 0.1) is 4.92 Å². The third kappa shape index (κ3) is 2.42. The smallest absolute Gasteiger partial charge is 0.264 e. The Morgan fingerprint density at radius 2 is 2.55 bits per heavy atom. The van der Waals surface area contributed by atoms with Gasteiger partial charge < -0.3 is 4.90 Å². The van der Waals surface area contributed by atoms with Crippen LogP contribution in [-0.2, 0) is 0 Å². The topological polar surface area (TPSA) is 46.4 Å². The molecule has 1 rings (SSSR count). The molecule has 1 fully saturated rings. The molecule has 4 nitrogen and oxygen atoms in total.